The number of amides is 2. The molecule has 1 rings (SSSR count). The Kier molecular flexibility index (Phi) is 3.70. The molecule has 5 nitrogen and oxygen atoms in total. The van der Waals surface area contributed by atoms with Crippen LogP contribution in [0.25, 0.3) is 0 Å². The number of likely N-dealkylation sites (N-methyl/N-ethyl adjacent to an activating group) is 1. The SMILES string of the molecule is CNCCNC(=O)[C@H]1CCC(=O)N1. The normalized spacial score (nSPS) is 21.3. The predicted octanol–water partition coefficient (Wildman–Crippen LogP) is -1.40. The van der Waals surface area contributed by atoms with Crippen molar-refractivity contribution in [3.63, 3.8) is 0 Å². The highest BCUT2D eigenvalue weighted by atomic mass is 16.2. The van der Waals surface area contributed by atoms with Crippen molar-refractivity contribution in [3.8, 4) is 0 Å². The van der Waals surface area contributed by atoms with Crippen LogP contribution in [0.2, 0.25) is 0 Å². The van der Waals surface area contributed by atoms with Gasteiger partial charge in [0.05, 0.1) is 0 Å². The summed E-state index contributed by atoms with van der Waals surface area (Å²) in [5.74, 6) is -0.116. The van der Waals surface area contributed by atoms with Gasteiger partial charge in [0.2, 0.25) is 11.8 Å². The van der Waals surface area contributed by atoms with Crippen LogP contribution in [-0.2, 0) is 9.59 Å². The molecule has 0 unspecified atom stereocenters. The fraction of sp³-hybridized carbons (Fsp3) is 0.750. The lowest BCUT2D eigenvalue weighted by atomic mass is 10.2. The number of hydrogen-bond donors (Lipinski definition) is 3. The number of rotatable bonds is 4. The van der Waals surface area contributed by atoms with Gasteiger partial charge < -0.3 is 16.0 Å². The van der Waals surface area contributed by atoms with Gasteiger partial charge in [-0.25, -0.2) is 0 Å². The first-order valence-corrected chi connectivity index (χ1v) is 4.45. The smallest absolute Gasteiger partial charge is 0.242 e. The summed E-state index contributed by atoms with van der Waals surface area (Å²) in [6.07, 6.45) is 1.08. The van der Waals surface area contributed by atoms with E-state index in [1.165, 1.54) is 0 Å². The molecule has 13 heavy (non-hydrogen) atoms. The molecule has 1 saturated heterocycles. The highest BCUT2D eigenvalue weighted by Gasteiger charge is 2.26. The van der Waals surface area contributed by atoms with Gasteiger partial charge in [0.25, 0.3) is 0 Å². The zero-order valence-corrected chi connectivity index (χ0v) is 7.72. The van der Waals surface area contributed by atoms with E-state index < -0.39 is 0 Å². The second-order valence-corrected chi connectivity index (χ2v) is 3.05. The molecule has 1 fully saturated rings. The second-order valence-electron chi connectivity index (χ2n) is 3.05. The molecule has 0 aromatic heterocycles. The van der Waals surface area contributed by atoms with Gasteiger partial charge >= 0.3 is 0 Å². The fourth-order valence-corrected chi connectivity index (χ4v) is 1.24. The Morgan fingerprint density at radius 2 is 2.38 bits per heavy atom. The lowest BCUT2D eigenvalue weighted by Crippen LogP contribution is -2.43. The van der Waals surface area contributed by atoms with Crippen LogP contribution in [0.3, 0.4) is 0 Å². The van der Waals surface area contributed by atoms with Crippen LogP contribution in [0.4, 0.5) is 0 Å². The van der Waals surface area contributed by atoms with E-state index in [4.69, 9.17) is 0 Å². The van der Waals surface area contributed by atoms with E-state index >= 15 is 0 Å². The molecule has 74 valence electrons. The second kappa shape index (κ2) is 4.81. The van der Waals surface area contributed by atoms with E-state index in [-0.39, 0.29) is 17.9 Å². The summed E-state index contributed by atoms with van der Waals surface area (Å²) in [6, 6.07) is -0.315. The fourth-order valence-electron chi connectivity index (χ4n) is 1.24. The first kappa shape index (κ1) is 9.98. The topological polar surface area (TPSA) is 70.2 Å². The van der Waals surface area contributed by atoms with Crippen LogP contribution in [0, 0.1) is 0 Å². The summed E-state index contributed by atoms with van der Waals surface area (Å²) in [6.45, 7) is 1.34. The van der Waals surface area contributed by atoms with Crippen molar-refractivity contribution < 1.29 is 9.59 Å². The maximum Gasteiger partial charge on any atom is 0.242 e. The molecular weight excluding hydrogens is 170 g/mol. The van der Waals surface area contributed by atoms with Crippen molar-refractivity contribution >= 4 is 11.8 Å². The number of carbonyl (C=O) groups excluding carboxylic acids is 2. The molecule has 0 radical (unpaired) electrons. The van der Waals surface area contributed by atoms with E-state index in [0.717, 1.165) is 6.54 Å². The number of hydrogen-bond acceptors (Lipinski definition) is 3. The summed E-state index contributed by atoms with van der Waals surface area (Å²) in [4.78, 5) is 22.1. The first-order valence-electron chi connectivity index (χ1n) is 4.45. The molecule has 0 spiro atoms. The van der Waals surface area contributed by atoms with E-state index in [9.17, 15) is 9.59 Å². The van der Waals surface area contributed by atoms with Gasteiger partial charge in [-0.2, -0.15) is 0 Å². The van der Waals surface area contributed by atoms with E-state index in [0.29, 0.717) is 19.4 Å². The van der Waals surface area contributed by atoms with Crippen molar-refractivity contribution in [2.24, 2.45) is 0 Å². The minimum absolute atomic E-state index is 0.0335. The minimum atomic E-state index is -0.315. The molecule has 0 aliphatic carbocycles. The maximum absolute atomic E-state index is 11.3. The summed E-state index contributed by atoms with van der Waals surface area (Å²) >= 11 is 0. The molecule has 0 aromatic rings. The predicted molar refractivity (Wildman–Crippen MR) is 48.1 cm³/mol. The van der Waals surface area contributed by atoms with Crippen LogP contribution in [0.15, 0.2) is 0 Å². The van der Waals surface area contributed by atoms with Gasteiger partial charge in [-0.05, 0) is 13.5 Å². The average Bonchev–Trinajstić information content (AvgIpc) is 2.52. The Bertz CT molecular complexity index is 206. The van der Waals surface area contributed by atoms with Crippen molar-refractivity contribution in [3.05, 3.63) is 0 Å². The van der Waals surface area contributed by atoms with E-state index in [1.54, 1.807) is 0 Å². The first-order chi connectivity index (χ1) is 6.24. The number of carbonyl (C=O) groups is 2. The van der Waals surface area contributed by atoms with Crippen LogP contribution in [0.1, 0.15) is 12.8 Å². The molecule has 1 atom stereocenters. The zero-order chi connectivity index (χ0) is 9.68. The Labute approximate surface area is 77.3 Å². The molecule has 3 N–H and O–H groups in total. The molecule has 0 bridgehead atoms. The Morgan fingerprint density at radius 1 is 1.62 bits per heavy atom. The van der Waals surface area contributed by atoms with Crippen LogP contribution < -0.4 is 16.0 Å². The molecule has 0 saturated carbocycles. The van der Waals surface area contributed by atoms with Gasteiger partial charge in [0, 0.05) is 19.5 Å². The van der Waals surface area contributed by atoms with Crippen molar-refractivity contribution in [1.82, 2.24) is 16.0 Å². The van der Waals surface area contributed by atoms with Crippen molar-refractivity contribution in [2.45, 2.75) is 18.9 Å². The lowest BCUT2D eigenvalue weighted by molar-refractivity contribution is -0.125. The summed E-state index contributed by atoms with van der Waals surface area (Å²) in [5.41, 5.74) is 0. The van der Waals surface area contributed by atoms with Gasteiger partial charge in [0.1, 0.15) is 6.04 Å². The maximum atomic E-state index is 11.3. The Balaban J connectivity index is 2.20. The highest BCUT2D eigenvalue weighted by Crippen LogP contribution is 2.05. The molecule has 1 aliphatic heterocycles. The molecule has 2 amide bonds. The highest BCUT2D eigenvalue weighted by molar-refractivity contribution is 5.90. The summed E-state index contributed by atoms with van der Waals surface area (Å²) in [7, 11) is 1.82. The van der Waals surface area contributed by atoms with Gasteiger partial charge in [0.15, 0.2) is 0 Å². The molecule has 5 heteroatoms. The monoisotopic (exact) mass is 185 g/mol. The van der Waals surface area contributed by atoms with Gasteiger partial charge in [-0.3, -0.25) is 9.59 Å². The Hall–Kier alpha value is -1.10. The summed E-state index contributed by atoms with van der Waals surface area (Å²) in [5, 5.41) is 8.26. The minimum Gasteiger partial charge on any atom is -0.353 e. The molecule has 1 heterocycles. The largest absolute Gasteiger partial charge is 0.353 e. The third-order valence-corrected chi connectivity index (χ3v) is 1.99. The van der Waals surface area contributed by atoms with Crippen LogP contribution in [0.5, 0.6) is 0 Å². The van der Waals surface area contributed by atoms with Crippen LogP contribution in [-0.4, -0.2) is 38.0 Å². The standard InChI is InChI=1S/C8H15N3O2/c1-9-4-5-10-8(13)6-2-3-7(12)11-6/h6,9H,2-5H2,1H3,(H,10,13)(H,11,12)/t6-/m1/s1. The summed E-state index contributed by atoms with van der Waals surface area (Å²) < 4.78 is 0. The van der Waals surface area contributed by atoms with Gasteiger partial charge in [-0.1, -0.05) is 0 Å². The molecule has 1 aliphatic rings. The van der Waals surface area contributed by atoms with Crippen molar-refractivity contribution in [1.29, 1.82) is 0 Å². The third kappa shape index (κ3) is 3.02. The third-order valence-electron chi connectivity index (χ3n) is 1.99. The van der Waals surface area contributed by atoms with Gasteiger partial charge in [-0.15, -0.1) is 0 Å². The quantitative estimate of drug-likeness (QED) is 0.472. The number of nitrogens with one attached hydrogen (secondary N) is 3. The average molecular weight is 185 g/mol. The van der Waals surface area contributed by atoms with Crippen molar-refractivity contribution in [2.75, 3.05) is 20.1 Å². The lowest BCUT2D eigenvalue weighted by Gasteiger charge is -2.10. The zero-order valence-electron chi connectivity index (χ0n) is 7.72. The Morgan fingerprint density at radius 3 is 2.92 bits per heavy atom. The molecular formula is C8H15N3O2. The molecule has 0 aromatic carbocycles. The van der Waals surface area contributed by atoms with E-state index in [1.807, 2.05) is 7.05 Å². The van der Waals surface area contributed by atoms with E-state index in [2.05, 4.69) is 16.0 Å². The van der Waals surface area contributed by atoms with Crippen LogP contribution >= 0.6 is 0 Å².